The molecule has 0 aromatic carbocycles. The number of allylic oxidation sites excluding steroid dienone is 1. The lowest BCUT2D eigenvalue weighted by Crippen LogP contribution is -2.73. The van der Waals surface area contributed by atoms with Crippen LogP contribution in [0.1, 0.15) is 44.9 Å². The molecule has 4 rings (SSSR count). The van der Waals surface area contributed by atoms with Gasteiger partial charge in [-0.05, 0) is 44.4 Å². The van der Waals surface area contributed by atoms with E-state index >= 15 is 0 Å². The summed E-state index contributed by atoms with van der Waals surface area (Å²) in [5.41, 5.74) is 1.04. The van der Waals surface area contributed by atoms with Crippen LogP contribution in [-0.2, 0) is 14.3 Å². The summed E-state index contributed by atoms with van der Waals surface area (Å²) in [6.07, 6.45) is 10.0. The Kier molecular flexibility index (Phi) is 5.06. The van der Waals surface area contributed by atoms with Gasteiger partial charge in [0.05, 0.1) is 19.7 Å². The highest BCUT2D eigenvalue weighted by atomic mass is 16.5. The fourth-order valence-electron chi connectivity index (χ4n) is 4.51. The minimum atomic E-state index is -0.268. The van der Waals surface area contributed by atoms with Gasteiger partial charge in [0.2, 0.25) is 11.8 Å². The normalized spacial score (nSPS) is 28.4. The van der Waals surface area contributed by atoms with Gasteiger partial charge in [-0.2, -0.15) is 0 Å². The highest BCUT2D eigenvalue weighted by molar-refractivity contribution is 5.82. The minimum Gasteiger partial charge on any atom is -0.368 e. The van der Waals surface area contributed by atoms with E-state index in [9.17, 15) is 9.59 Å². The van der Waals surface area contributed by atoms with Crippen LogP contribution in [0.2, 0.25) is 0 Å². The van der Waals surface area contributed by atoms with E-state index in [-0.39, 0.29) is 23.5 Å². The number of likely N-dealkylation sites (N-methyl/N-ethyl adjacent to an activating group) is 1. The zero-order valence-corrected chi connectivity index (χ0v) is 15.8. The van der Waals surface area contributed by atoms with E-state index in [4.69, 9.17) is 4.74 Å². The number of morpholine rings is 1. The highest BCUT2D eigenvalue weighted by Gasteiger charge is 2.52. The molecule has 6 nitrogen and oxygen atoms in total. The van der Waals surface area contributed by atoms with Crippen LogP contribution in [-0.4, -0.2) is 73.1 Å². The van der Waals surface area contributed by atoms with Crippen LogP contribution in [0.5, 0.6) is 0 Å². The van der Waals surface area contributed by atoms with Crippen LogP contribution in [0.25, 0.3) is 0 Å². The summed E-state index contributed by atoms with van der Waals surface area (Å²) >= 11 is 0. The second kappa shape index (κ2) is 7.31. The molecule has 6 heteroatoms. The summed E-state index contributed by atoms with van der Waals surface area (Å²) in [5, 5.41) is 2.76. The van der Waals surface area contributed by atoms with Gasteiger partial charge in [0.15, 0.2) is 0 Å². The van der Waals surface area contributed by atoms with Gasteiger partial charge in [0.25, 0.3) is 0 Å². The van der Waals surface area contributed by atoms with Gasteiger partial charge >= 0.3 is 0 Å². The molecule has 1 saturated carbocycles. The third kappa shape index (κ3) is 3.81. The quantitative estimate of drug-likeness (QED) is 0.750. The van der Waals surface area contributed by atoms with Crippen molar-refractivity contribution in [2.24, 2.45) is 5.92 Å². The lowest BCUT2D eigenvalue weighted by molar-refractivity contribution is -0.204. The summed E-state index contributed by atoms with van der Waals surface area (Å²) < 4.78 is 6.13. The van der Waals surface area contributed by atoms with Gasteiger partial charge in [0, 0.05) is 26.6 Å². The number of carbonyl (C=O) groups is 2. The lowest BCUT2D eigenvalue weighted by Gasteiger charge is -2.55. The van der Waals surface area contributed by atoms with E-state index < -0.39 is 0 Å². The molecule has 1 spiro atoms. The fraction of sp³-hybridized carbons (Fsp3) is 0.800. The van der Waals surface area contributed by atoms with Crippen LogP contribution >= 0.6 is 0 Å². The SMILES string of the molecule is CNC(=O)C1COC2(CN(C(=O)CC3=CCCCC3)C2)CN1CC1CC1. The molecule has 144 valence electrons. The van der Waals surface area contributed by atoms with E-state index in [2.05, 4.69) is 16.3 Å². The van der Waals surface area contributed by atoms with Crippen LogP contribution < -0.4 is 5.32 Å². The van der Waals surface area contributed by atoms with Crippen molar-refractivity contribution in [2.45, 2.75) is 56.6 Å². The van der Waals surface area contributed by atoms with Crippen LogP contribution in [0.4, 0.5) is 0 Å². The van der Waals surface area contributed by atoms with Crippen molar-refractivity contribution >= 4 is 11.8 Å². The molecule has 2 saturated heterocycles. The van der Waals surface area contributed by atoms with E-state index in [0.29, 0.717) is 26.1 Å². The average Bonchev–Trinajstić information content (AvgIpc) is 3.43. The summed E-state index contributed by atoms with van der Waals surface area (Å²) in [5.74, 6) is 1.000. The number of hydrogen-bond acceptors (Lipinski definition) is 4. The van der Waals surface area contributed by atoms with Crippen LogP contribution in [0, 0.1) is 5.92 Å². The maximum atomic E-state index is 12.6. The smallest absolute Gasteiger partial charge is 0.239 e. The molecule has 2 aliphatic carbocycles. The Bertz CT molecular complexity index is 593. The molecule has 4 aliphatic rings. The molecule has 0 aromatic heterocycles. The van der Waals surface area contributed by atoms with Crippen LogP contribution in [0.3, 0.4) is 0 Å². The number of carbonyl (C=O) groups excluding carboxylic acids is 2. The zero-order chi connectivity index (χ0) is 18.1. The number of amides is 2. The second-order valence-corrected chi connectivity index (χ2v) is 8.53. The van der Waals surface area contributed by atoms with Crippen molar-refractivity contribution in [1.82, 2.24) is 15.1 Å². The number of ether oxygens (including phenoxy) is 1. The number of hydrogen-bond donors (Lipinski definition) is 1. The molecule has 26 heavy (non-hydrogen) atoms. The van der Waals surface area contributed by atoms with Gasteiger partial charge in [-0.15, -0.1) is 0 Å². The molecule has 0 aromatic rings. The third-order valence-electron chi connectivity index (χ3n) is 6.29. The lowest BCUT2D eigenvalue weighted by atomic mass is 9.88. The zero-order valence-electron chi connectivity index (χ0n) is 15.8. The molecule has 0 radical (unpaired) electrons. The second-order valence-electron chi connectivity index (χ2n) is 8.53. The molecular formula is C20H31N3O3. The monoisotopic (exact) mass is 361 g/mol. The molecule has 2 heterocycles. The third-order valence-corrected chi connectivity index (χ3v) is 6.29. The van der Waals surface area contributed by atoms with Crippen molar-refractivity contribution in [3.05, 3.63) is 11.6 Å². The Labute approximate surface area is 155 Å². The first-order valence-corrected chi connectivity index (χ1v) is 10.1. The first-order chi connectivity index (χ1) is 12.6. The van der Waals surface area contributed by atoms with Gasteiger partial charge in [-0.1, -0.05) is 11.6 Å². The van der Waals surface area contributed by atoms with E-state index in [1.54, 1.807) is 7.05 Å². The maximum absolute atomic E-state index is 12.6. The number of nitrogens with zero attached hydrogens (tertiary/aromatic N) is 2. The fourth-order valence-corrected chi connectivity index (χ4v) is 4.51. The summed E-state index contributed by atoms with van der Waals surface area (Å²) in [4.78, 5) is 29.0. The van der Waals surface area contributed by atoms with Crippen molar-refractivity contribution in [2.75, 3.05) is 39.8 Å². The average molecular weight is 361 g/mol. The summed E-state index contributed by atoms with van der Waals surface area (Å²) in [7, 11) is 1.69. The van der Waals surface area contributed by atoms with Crippen LogP contribution in [0.15, 0.2) is 11.6 Å². The molecule has 1 atom stereocenters. The van der Waals surface area contributed by atoms with E-state index in [1.165, 1.54) is 31.3 Å². The predicted octanol–water partition coefficient (Wildman–Crippen LogP) is 1.31. The Morgan fingerprint density at radius 1 is 1.27 bits per heavy atom. The van der Waals surface area contributed by atoms with E-state index in [0.717, 1.165) is 31.8 Å². The van der Waals surface area contributed by atoms with Crippen molar-refractivity contribution in [3.8, 4) is 0 Å². The first-order valence-electron chi connectivity index (χ1n) is 10.1. The van der Waals surface area contributed by atoms with Crippen molar-refractivity contribution in [3.63, 3.8) is 0 Å². The van der Waals surface area contributed by atoms with Gasteiger partial charge in [-0.3, -0.25) is 14.5 Å². The van der Waals surface area contributed by atoms with Crippen molar-refractivity contribution in [1.29, 1.82) is 0 Å². The predicted molar refractivity (Wildman–Crippen MR) is 98.6 cm³/mol. The molecule has 2 aliphatic heterocycles. The minimum absolute atomic E-state index is 0.0389. The van der Waals surface area contributed by atoms with Crippen molar-refractivity contribution < 1.29 is 14.3 Å². The Hall–Kier alpha value is -1.40. The van der Waals surface area contributed by atoms with Gasteiger partial charge in [0.1, 0.15) is 11.6 Å². The molecule has 3 fully saturated rings. The Morgan fingerprint density at radius 2 is 2.08 bits per heavy atom. The maximum Gasteiger partial charge on any atom is 0.239 e. The number of nitrogens with one attached hydrogen (secondary N) is 1. The molecule has 1 N–H and O–H groups in total. The Morgan fingerprint density at radius 3 is 2.73 bits per heavy atom. The van der Waals surface area contributed by atoms with Gasteiger partial charge in [-0.25, -0.2) is 0 Å². The molecule has 2 amide bonds. The summed E-state index contributed by atoms with van der Waals surface area (Å²) in [6.45, 7) is 3.50. The topological polar surface area (TPSA) is 61.9 Å². The number of rotatable bonds is 5. The summed E-state index contributed by atoms with van der Waals surface area (Å²) in [6, 6.07) is -0.191. The Balaban J connectivity index is 1.33. The standard InChI is InChI=1S/C20H31N3O3/c1-21-19(25)17-11-26-20(12-22(17)10-16-7-8-16)13-23(14-20)18(24)9-15-5-3-2-4-6-15/h5,16-17H,2-4,6-14H2,1H3,(H,21,25). The largest absolute Gasteiger partial charge is 0.368 e. The molecular weight excluding hydrogens is 330 g/mol. The first kappa shape index (κ1) is 18.0. The van der Waals surface area contributed by atoms with Gasteiger partial charge < -0.3 is 15.0 Å². The number of likely N-dealkylation sites (tertiary alicyclic amines) is 1. The highest BCUT2D eigenvalue weighted by Crippen LogP contribution is 2.36. The van der Waals surface area contributed by atoms with E-state index in [1.807, 2.05) is 4.90 Å². The molecule has 0 bridgehead atoms. The molecule has 1 unspecified atom stereocenters.